The van der Waals surface area contributed by atoms with E-state index in [9.17, 15) is 4.79 Å². The molecular weight excluding hydrogens is 374 g/mol. The summed E-state index contributed by atoms with van der Waals surface area (Å²) in [5.41, 5.74) is 1.93. The van der Waals surface area contributed by atoms with Crippen LogP contribution < -0.4 is 5.32 Å². The van der Waals surface area contributed by atoms with Gasteiger partial charge in [-0.15, -0.1) is 5.10 Å². The van der Waals surface area contributed by atoms with Crippen molar-refractivity contribution in [3.05, 3.63) is 65.6 Å². The highest BCUT2D eigenvalue weighted by molar-refractivity contribution is 6.10. The highest BCUT2D eigenvalue weighted by Gasteiger charge is 2.14. The number of benzene rings is 1. The van der Waals surface area contributed by atoms with Crippen LogP contribution in [0.15, 0.2) is 53.7 Å². The van der Waals surface area contributed by atoms with Crippen molar-refractivity contribution in [2.75, 3.05) is 19.0 Å². The van der Waals surface area contributed by atoms with Gasteiger partial charge in [-0.1, -0.05) is 41.6 Å². The number of methoxy groups -OCH3 is 1. The lowest BCUT2D eigenvalue weighted by Gasteiger charge is -2.07. The first-order valence-electron chi connectivity index (χ1n) is 8.90. The maximum absolute atomic E-state index is 11.8. The summed E-state index contributed by atoms with van der Waals surface area (Å²) in [4.78, 5) is 21.7. The monoisotopic (exact) mass is 395 g/mol. The Hall–Kier alpha value is -3.66. The van der Waals surface area contributed by atoms with Crippen molar-refractivity contribution in [3.8, 4) is 0 Å². The summed E-state index contributed by atoms with van der Waals surface area (Å²) in [7, 11) is 3.27. The van der Waals surface area contributed by atoms with E-state index in [0.29, 0.717) is 29.7 Å². The van der Waals surface area contributed by atoms with Gasteiger partial charge < -0.3 is 14.9 Å². The predicted octanol–water partition coefficient (Wildman–Crippen LogP) is 1.55. The lowest BCUT2D eigenvalue weighted by molar-refractivity contribution is -0.117. The second-order valence-electron chi connectivity index (χ2n) is 6.01. The van der Waals surface area contributed by atoms with Gasteiger partial charge >= 0.3 is 0 Å². The molecule has 3 rings (SSSR count). The Kier molecular flexibility index (Phi) is 6.95. The molecule has 0 aliphatic carbocycles. The fraction of sp³-hybridized carbons (Fsp3) is 0.263. The summed E-state index contributed by atoms with van der Waals surface area (Å²) in [6.07, 6.45) is 0.259. The lowest BCUT2D eigenvalue weighted by atomic mass is 10.1. The first kappa shape index (κ1) is 20.1. The van der Waals surface area contributed by atoms with Crippen molar-refractivity contribution in [2.24, 2.45) is 12.2 Å². The van der Waals surface area contributed by atoms with E-state index < -0.39 is 0 Å². The van der Waals surface area contributed by atoms with Crippen molar-refractivity contribution in [1.29, 1.82) is 0 Å². The van der Waals surface area contributed by atoms with Crippen LogP contribution in [0.3, 0.4) is 0 Å². The van der Waals surface area contributed by atoms with Crippen molar-refractivity contribution in [1.82, 2.24) is 25.2 Å². The number of ether oxygens (including phenoxy) is 1. The minimum Gasteiger partial charge on any atom is -0.389 e. The van der Waals surface area contributed by atoms with Crippen molar-refractivity contribution < 1.29 is 14.4 Å². The van der Waals surface area contributed by atoms with Crippen LogP contribution in [0, 0.1) is 0 Å². The van der Waals surface area contributed by atoms with Gasteiger partial charge in [0.1, 0.15) is 5.82 Å². The quantitative estimate of drug-likeness (QED) is 0.431. The summed E-state index contributed by atoms with van der Waals surface area (Å²) in [5.74, 6) is 0.747. The van der Waals surface area contributed by atoms with E-state index in [2.05, 4.69) is 31.0 Å². The average molecular weight is 395 g/mol. The van der Waals surface area contributed by atoms with Crippen LogP contribution >= 0.6 is 0 Å². The Bertz CT molecular complexity index is 973. The molecule has 0 atom stereocenters. The lowest BCUT2D eigenvalue weighted by Crippen LogP contribution is -2.15. The molecule has 0 aliphatic rings. The van der Waals surface area contributed by atoms with Crippen LogP contribution in [-0.2, 0) is 28.0 Å². The normalized spacial score (nSPS) is 11.3. The van der Waals surface area contributed by atoms with Crippen molar-refractivity contribution in [3.63, 3.8) is 0 Å². The maximum atomic E-state index is 11.8. The minimum absolute atomic E-state index is 0.114. The third-order valence-electron chi connectivity index (χ3n) is 3.85. The van der Waals surface area contributed by atoms with Gasteiger partial charge in [0.05, 0.1) is 18.7 Å². The molecule has 0 saturated carbocycles. The molecule has 2 aromatic heterocycles. The van der Waals surface area contributed by atoms with Crippen LogP contribution in [0.25, 0.3) is 0 Å². The highest BCUT2D eigenvalue weighted by atomic mass is 16.6. The smallest absolute Gasteiger partial charge is 0.227 e. The Labute approximate surface area is 167 Å². The molecule has 150 valence electrons. The Morgan fingerprint density at radius 1 is 1.17 bits per heavy atom. The average Bonchev–Trinajstić information content (AvgIpc) is 3.16. The number of nitrogens with zero attached hydrogens (tertiary/aromatic N) is 6. The fourth-order valence-electron chi connectivity index (χ4n) is 2.44. The zero-order valence-corrected chi connectivity index (χ0v) is 16.1. The van der Waals surface area contributed by atoms with E-state index in [1.807, 2.05) is 30.3 Å². The Morgan fingerprint density at radius 3 is 2.72 bits per heavy atom. The molecule has 0 aliphatic heterocycles. The molecule has 0 saturated heterocycles. The molecule has 0 fully saturated rings. The van der Waals surface area contributed by atoms with Gasteiger partial charge in [-0.2, -0.15) is 0 Å². The number of anilines is 1. The Balaban J connectivity index is 1.71. The molecule has 29 heavy (non-hydrogen) atoms. The van der Waals surface area contributed by atoms with Crippen LogP contribution in [0.4, 0.5) is 5.82 Å². The van der Waals surface area contributed by atoms with E-state index in [4.69, 9.17) is 9.57 Å². The zero-order chi connectivity index (χ0) is 20.5. The summed E-state index contributed by atoms with van der Waals surface area (Å²) in [6.45, 7) is 0.464. The number of hydrogen-bond donors (Lipinski definition) is 1. The standard InChI is InChI=1S/C19H21N7O3/c1-26-19(22-24-25-26)18(14-7-4-3-5-8-14)23-29-13-15-9-6-10-16(20-15)21-17(27)11-12-28-2/h3-10H,11-13H2,1-2H3,(H,20,21,27). The third kappa shape index (κ3) is 5.66. The minimum atomic E-state index is -0.170. The molecular formula is C19H21N7O3. The highest BCUT2D eigenvalue weighted by Crippen LogP contribution is 2.10. The number of pyridine rings is 1. The number of carbonyl (C=O) groups is 1. The second-order valence-corrected chi connectivity index (χ2v) is 6.01. The van der Waals surface area contributed by atoms with Crippen LogP contribution in [0.2, 0.25) is 0 Å². The van der Waals surface area contributed by atoms with Gasteiger partial charge in [-0.3, -0.25) is 4.79 Å². The number of amides is 1. The number of carbonyl (C=O) groups excluding carboxylic acids is 1. The summed E-state index contributed by atoms with van der Waals surface area (Å²) in [5, 5.41) is 18.5. The second kappa shape index (κ2) is 10.0. The maximum Gasteiger partial charge on any atom is 0.227 e. The molecule has 0 radical (unpaired) electrons. The third-order valence-corrected chi connectivity index (χ3v) is 3.85. The van der Waals surface area contributed by atoms with Gasteiger partial charge in [0.2, 0.25) is 11.7 Å². The molecule has 10 nitrogen and oxygen atoms in total. The largest absolute Gasteiger partial charge is 0.389 e. The predicted molar refractivity (Wildman–Crippen MR) is 105 cm³/mol. The summed E-state index contributed by atoms with van der Waals surface area (Å²) < 4.78 is 6.41. The number of oxime groups is 1. The number of rotatable bonds is 9. The molecule has 0 unspecified atom stereocenters. The molecule has 2 heterocycles. The van der Waals surface area contributed by atoms with E-state index >= 15 is 0 Å². The topological polar surface area (TPSA) is 116 Å². The number of nitrogens with one attached hydrogen (secondary N) is 1. The molecule has 10 heteroatoms. The molecule has 1 amide bonds. The van der Waals surface area contributed by atoms with Crippen LogP contribution in [0.1, 0.15) is 23.5 Å². The molecule has 3 aromatic rings. The molecule has 1 aromatic carbocycles. The van der Waals surface area contributed by atoms with Gasteiger partial charge in [0, 0.05) is 19.7 Å². The van der Waals surface area contributed by atoms with Gasteiger partial charge in [0.15, 0.2) is 12.3 Å². The van der Waals surface area contributed by atoms with Crippen LogP contribution in [0.5, 0.6) is 0 Å². The number of tetrazole rings is 1. The molecule has 0 bridgehead atoms. The number of aryl methyl sites for hydroxylation is 1. The first-order chi connectivity index (χ1) is 14.2. The van der Waals surface area contributed by atoms with Gasteiger partial charge in [0.25, 0.3) is 0 Å². The van der Waals surface area contributed by atoms with E-state index in [1.165, 1.54) is 4.68 Å². The first-order valence-corrected chi connectivity index (χ1v) is 8.90. The number of aromatic nitrogens is 5. The van der Waals surface area contributed by atoms with Gasteiger partial charge in [-0.05, 0) is 22.6 Å². The van der Waals surface area contributed by atoms with Gasteiger partial charge in [-0.25, -0.2) is 9.67 Å². The van der Waals surface area contributed by atoms with E-state index in [1.54, 1.807) is 32.4 Å². The number of hydrogen-bond acceptors (Lipinski definition) is 8. The van der Waals surface area contributed by atoms with Crippen molar-refractivity contribution in [2.45, 2.75) is 13.0 Å². The van der Waals surface area contributed by atoms with Crippen molar-refractivity contribution >= 4 is 17.4 Å². The van der Waals surface area contributed by atoms with Crippen LogP contribution in [-0.4, -0.2) is 50.5 Å². The zero-order valence-electron chi connectivity index (χ0n) is 16.1. The summed E-state index contributed by atoms with van der Waals surface area (Å²) >= 11 is 0. The molecule has 0 spiro atoms. The van der Waals surface area contributed by atoms with E-state index in [-0.39, 0.29) is 18.9 Å². The van der Waals surface area contributed by atoms with E-state index in [0.717, 1.165) is 5.56 Å². The SMILES string of the molecule is COCCC(=O)Nc1cccc(CON=C(c2ccccc2)c2nnnn2C)n1. The summed E-state index contributed by atoms with van der Waals surface area (Å²) in [6, 6.07) is 14.8. The Morgan fingerprint density at radius 2 is 2.00 bits per heavy atom. The molecule has 1 N–H and O–H groups in total. The fourth-order valence-corrected chi connectivity index (χ4v) is 2.44.